The van der Waals surface area contributed by atoms with Crippen molar-refractivity contribution < 1.29 is 4.74 Å². The van der Waals surface area contributed by atoms with E-state index in [9.17, 15) is 0 Å². The summed E-state index contributed by atoms with van der Waals surface area (Å²) in [6, 6.07) is 8.73. The molecule has 0 bridgehead atoms. The van der Waals surface area contributed by atoms with Gasteiger partial charge in [-0.05, 0) is 30.5 Å². The number of ether oxygens (including phenoxy) is 1. The number of nitrogens with zero attached hydrogens (tertiary/aromatic N) is 1. The standard InChI is InChI=1S/C16H26N2O/c1-14(2)12-17-13-15-6-3-4-7-16(15)18-8-5-10-19-11-9-18/h3-4,6-7,14,17H,5,8-13H2,1-2H3. The van der Waals surface area contributed by atoms with Crippen LogP contribution in [0.25, 0.3) is 0 Å². The molecule has 1 saturated heterocycles. The van der Waals surface area contributed by atoms with Crippen LogP contribution < -0.4 is 10.2 Å². The summed E-state index contributed by atoms with van der Waals surface area (Å²) >= 11 is 0. The Labute approximate surface area is 116 Å². The largest absolute Gasteiger partial charge is 0.380 e. The molecule has 0 amide bonds. The number of para-hydroxylation sites is 1. The van der Waals surface area contributed by atoms with Crippen LogP contribution in [-0.4, -0.2) is 32.8 Å². The zero-order valence-corrected chi connectivity index (χ0v) is 12.2. The van der Waals surface area contributed by atoms with Crippen molar-refractivity contribution in [1.82, 2.24) is 5.32 Å². The minimum atomic E-state index is 0.693. The zero-order chi connectivity index (χ0) is 13.5. The first-order valence-electron chi connectivity index (χ1n) is 7.38. The van der Waals surface area contributed by atoms with Gasteiger partial charge < -0.3 is 15.0 Å². The molecule has 106 valence electrons. The Bertz CT molecular complexity index is 371. The van der Waals surface area contributed by atoms with Crippen molar-refractivity contribution in [2.75, 3.05) is 37.7 Å². The van der Waals surface area contributed by atoms with E-state index in [1.54, 1.807) is 0 Å². The molecule has 1 aliphatic heterocycles. The van der Waals surface area contributed by atoms with E-state index >= 15 is 0 Å². The fourth-order valence-electron chi connectivity index (χ4n) is 2.45. The molecule has 3 heteroatoms. The molecular formula is C16H26N2O. The fourth-order valence-corrected chi connectivity index (χ4v) is 2.45. The molecular weight excluding hydrogens is 236 g/mol. The SMILES string of the molecule is CC(C)CNCc1ccccc1N1CCCOCC1. The number of hydrogen-bond donors (Lipinski definition) is 1. The van der Waals surface area contributed by atoms with Crippen molar-refractivity contribution in [2.24, 2.45) is 5.92 Å². The average molecular weight is 262 g/mol. The normalized spacial score (nSPS) is 16.7. The maximum atomic E-state index is 5.54. The summed E-state index contributed by atoms with van der Waals surface area (Å²) < 4.78 is 5.54. The molecule has 0 saturated carbocycles. The minimum absolute atomic E-state index is 0.693. The summed E-state index contributed by atoms with van der Waals surface area (Å²) in [6.07, 6.45) is 1.12. The van der Waals surface area contributed by atoms with E-state index < -0.39 is 0 Å². The van der Waals surface area contributed by atoms with Crippen molar-refractivity contribution >= 4 is 5.69 Å². The summed E-state index contributed by atoms with van der Waals surface area (Å²) in [5.41, 5.74) is 2.76. The highest BCUT2D eigenvalue weighted by Crippen LogP contribution is 2.21. The quantitative estimate of drug-likeness (QED) is 0.883. The molecule has 1 aromatic rings. The third-order valence-corrected chi connectivity index (χ3v) is 3.42. The lowest BCUT2D eigenvalue weighted by Crippen LogP contribution is -2.28. The summed E-state index contributed by atoms with van der Waals surface area (Å²) in [6.45, 7) is 10.3. The first-order valence-corrected chi connectivity index (χ1v) is 7.38. The van der Waals surface area contributed by atoms with Gasteiger partial charge in [-0.1, -0.05) is 32.0 Å². The second-order valence-corrected chi connectivity index (χ2v) is 5.61. The lowest BCUT2D eigenvalue weighted by molar-refractivity contribution is 0.152. The number of nitrogens with one attached hydrogen (secondary N) is 1. The van der Waals surface area contributed by atoms with E-state index in [-0.39, 0.29) is 0 Å². The van der Waals surface area contributed by atoms with Gasteiger partial charge in [-0.15, -0.1) is 0 Å². The second-order valence-electron chi connectivity index (χ2n) is 5.61. The van der Waals surface area contributed by atoms with Gasteiger partial charge in [0, 0.05) is 31.9 Å². The van der Waals surface area contributed by atoms with Crippen LogP contribution in [0.4, 0.5) is 5.69 Å². The molecule has 1 aromatic carbocycles. The van der Waals surface area contributed by atoms with E-state index in [1.165, 1.54) is 11.3 Å². The highest BCUT2D eigenvalue weighted by Gasteiger charge is 2.13. The molecule has 1 aliphatic rings. The van der Waals surface area contributed by atoms with E-state index in [0.29, 0.717) is 5.92 Å². The van der Waals surface area contributed by atoms with Crippen LogP contribution in [0.2, 0.25) is 0 Å². The van der Waals surface area contributed by atoms with Crippen LogP contribution in [0.1, 0.15) is 25.8 Å². The summed E-state index contributed by atoms with van der Waals surface area (Å²) in [5, 5.41) is 3.54. The Morgan fingerprint density at radius 1 is 1.21 bits per heavy atom. The van der Waals surface area contributed by atoms with Gasteiger partial charge in [-0.25, -0.2) is 0 Å². The van der Waals surface area contributed by atoms with Gasteiger partial charge >= 0.3 is 0 Å². The van der Waals surface area contributed by atoms with Crippen LogP contribution in [0.5, 0.6) is 0 Å². The highest BCUT2D eigenvalue weighted by molar-refractivity contribution is 5.53. The Balaban J connectivity index is 2.02. The van der Waals surface area contributed by atoms with Crippen molar-refractivity contribution in [2.45, 2.75) is 26.8 Å². The van der Waals surface area contributed by atoms with Gasteiger partial charge in [0.25, 0.3) is 0 Å². The third-order valence-electron chi connectivity index (χ3n) is 3.42. The highest BCUT2D eigenvalue weighted by atomic mass is 16.5. The Hall–Kier alpha value is -1.06. The maximum Gasteiger partial charge on any atom is 0.0641 e. The van der Waals surface area contributed by atoms with Gasteiger partial charge in [0.15, 0.2) is 0 Å². The molecule has 3 nitrogen and oxygen atoms in total. The number of hydrogen-bond acceptors (Lipinski definition) is 3. The second kappa shape index (κ2) is 7.51. The number of rotatable bonds is 5. The topological polar surface area (TPSA) is 24.5 Å². The van der Waals surface area contributed by atoms with Crippen molar-refractivity contribution in [3.05, 3.63) is 29.8 Å². The van der Waals surface area contributed by atoms with Gasteiger partial charge in [-0.3, -0.25) is 0 Å². The smallest absolute Gasteiger partial charge is 0.0641 e. The van der Waals surface area contributed by atoms with E-state index in [1.807, 2.05) is 0 Å². The third kappa shape index (κ3) is 4.51. The monoisotopic (exact) mass is 262 g/mol. The summed E-state index contributed by atoms with van der Waals surface area (Å²) in [4.78, 5) is 2.46. The molecule has 0 atom stereocenters. The predicted octanol–water partition coefficient (Wildman–Crippen LogP) is 2.66. The van der Waals surface area contributed by atoms with Crippen LogP contribution in [0.3, 0.4) is 0 Å². The molecule has 1 heterocycles. The van der Waals surface area contributed by atoms with Crippen molar-refractivity contribution in [1.29, 1.82) is 0 Å². The lowest BCUT2D eigenvalue weighted by Gasteiger charge is -2.25. The van der Waals surface area contributed by atoms with Crippen LogP contribution in [0, 0.1) is 5.92 Å². The summed E-state index contributed by atoms with van der Waals surface area (Å²) in [5.74, 6) is 0.693. The fraction of sp³-hybridized carbons (Fsp3) is 0.625. The number of anilines is 1. The van der Waals surface area contributed by atoms with E-state index in [2.05, 4.69) is 48.3 Å². The molecule has 0 radical (unpaired) electrons. The van der Waals surface area contributed by atoms with Gasteiger partial charge in [-0.2, -0.15) is 0 Å². The van der Waals surface area contributed by atoms with Crippen molar-refractivity contribution in [3.63, 3.8) is 0 Å². The Morgan fingerprint density at radius 2 is 2.05 bits per heavy atom. The number of benzene rings is 1. The zero-order valence-electron chi connectivity index (χ0n) is 12.2. The lowest BCUT2D eigenvalue weighted by atomic mass is 10.1. The minimum Gasteiger partial charge on any atom is -0.380 e. The molecule has 2 rings (SSSR count). The Morgan fingerprint density at radius 3 is 2.89 bits per heavy atom. The van der Waals surface area contributed by atoms with Gasteiger partial charge in [0.05, 0.1) is 6.61 Å². The Kier molecular flexibility index (Phi) is 5.67. The maximum absolute atomic E-state index is 5.54. The van der Waals surface area contributed by atoms with Crippen LogP contribution in [0.15, 0.2) is 24.3 Å². The molecule has 19 heavy (non-hydrogen) atoms. The van der Waals surface area contributed by atoms with E-state index in [4.69, 9.17) is 4.74 Å². The molecule has 0 spiro atoms. The first-order chi connectivity index (χ1) is 9.27. The molecule has 1 fully saturated rings. The molecule has 0 aromatic heterocycles. The van der Waals surface area contributed by atoms with Gasteiger partial charge in [0.2, 0.25) is 0 Å². The summed E-state index contributed by atoms with van der Waals surface area (Å²) in [7, 11) is 0. The van der Waals surface area contributed by atoms with Crippen molar-refractivity contribution in [3.8, 4) is 0 Å². The first kappa shape index (κ1) is 14.4. The molecule has 1 N–H and O–H groups in total. The van der Waals surface area contributed by atoms with Crippen LogP contribution >= 0.6 is 0 Å². The van der Waals surface area contributed by atoms with Gasteiger partial charge in [0.1, 0.15) is 0 Å². The average Bonchev–Trinajstić information content (AvgIpc) is 2.68. The van der Waals surface area contributed by atoms with Crippen LogP contribution in [-0.2, 0) is 11.3 Å². The predicted molar refractivity (Wildman–Crippen MR) is 80.6 cm³/mol. The molecule has 0 aliphatic carbocycles. The van der Waals surface area contributed by atoms with E-state index in [0.717, 1.165) is 45.8 Å². The molecule has 0 unspecified atom stereocenters.